The van der Waals surface area contributed by atoms with Gasteiger partial charge >= 0.3 is 0 Å². The molecule has 1 amide bonds. The molecule has 6 heteroatoms. The van der Waals surface area contributed by atoms with E-state index in [0.29, 0.717) is 41.9 Å². The Kier molecular flexibility index (Phi) is 9.16. The third-order valence-corrected chi connectivity index (χ3v) is 3.70. The minimum Gasteiger partial charge on any atom is -0.385 e. The number of halogens is 2. The SMILES string of the molecule is COCCCN(CCOC)C(=O)/C=C/c1c(Cl)cccc1Cl. The van der Waals surface area contributed by atoms with Crippen molar-refractivity contribution in [1.82, 2.24) is 4.90 Å². The Morgan fingerprint density at radius 2 is 1.77 bits per heavy atom. The molecule has 0 saturated heterocycles. The first-order chi connectivity index (χ1) is 10.6. The van der Waals surface area contributed by atoms with Gasteiger partial charge in [0.1, 0.15) is 0 Å². The van der Waals surface area contributed by atoms with Gasteiger partial charge in [-0.25, -0.2) is 0 Å². The van der Waals surface area contributed by atoms with Crippen molar-refractivity contribution in [1.29, 1.82) is 0 Å². The van der Waals surface area contributed by atoms with Gasteiger partial charge in [-0.1, -0.05) is 29.3 Å². The number of carbonyl (C=O) groups excluding carboxylic acids is 1. The van der Waals surface area contributed by atoms with E-state index in [2.05, 4.69) is 0 Å². The molecule has 0 aliphatic rings. The molecular weight excluding hydrogens is 325 g/mol. The zero-order chi connectivity index (χ0) is 16.4. The van der Waals surface area contributed by atoms with Gasteiger partial charge in [0.05, 0.1) is 6.61 Å². The highest BCUT2D eigenvalue weighted by atomic mass is 35.5. The third kappa shape index (κ3) is 6.36. The standard InChI is InChI=1S/C16H21Cl2NO3/c1-21-11-4-9-19(10-12-22-2)16(20)8-7-13-14(17)5-3-6-15(13)18/h3,5-8H,4,9-12H2,1-2H3/b8-7+. The van der Waals surface area contributed by atoms with E-state index in [0.717, 1.165) is 6.42 Å². The average molecular weight is 346 g/mol. The summed E-state index contributed by atoms with van der Waals surface area (Å²) in [4.78, 5) is 14.0. The molecule has 1 aromatic carbocycles. The van der Waals surface area contributed by atoms with Crippen molar-refractivity contribution < 1.29 is 14.3 Å². The minimum atomic E-state index is -0.107. The molecule has 0 heterocycles. The topological polar surface area (TPSA) is 38.8 Å². The quantitative estimate of drug-likeness (QED) is 0.507. The van der Waals surface area contributed by atoms with Crippen molar-refractivity contribution in [2.75, 3.05) is 40.5 Å². The zero-order valence-corrected chi connectivity index (χ0v) is 14.4. The first kappa shape index (κ1) is 19.0. The molecule has 0 fully saturated rings. The van der Waals surface area contributed by atoms with Crippen LogP contribution in [0.15, 0.2) is 24.3 Å². The summed E-state index contributed by atoms with van der Waals surface area (Å²) in [6.07, 6.45) is 3.89. The largest absolute Gasteiger partial charge is 0.385 e. The lowest BCUT2D eigenvalue weighted by atomic mass is 10.2. The highest BCUT2D eigenvalue weighted by molar-refractivity contribution is 6.37. The summed E-state index contributed by atoms with van der Waals surface area (Å²) in [5, 5.41) is 1.03. The Morgan fingerprint density at radius 3 is 2.36 bits per heavy atom. The van der Waals surface area contributed by atoms with E-state index in [1.807, 2.05) is 0 Å². The number of ether oxygens (including phenoxy) is 2. The van der Waals surface area contributed by atoms with Gasteiger partial charge in [-0.15, -0.1) is 0 Å². The second-order valence-electron chi connectivity index (χ2n) is 4.63. The predicted molar refractivity (Wildman–Crippen MR) is 90.4 cm³/mol. The minimum absolute atomic E-state index is 0.107. The Bertz CT molecular complexity index is 486. The van der Waals surface area contributed by atoms with Crippen LogP contribution in [0.25, 0.3) is 6.08 Å². The molecule has 122 valence electrons. The fourth-order valence-corrected chi connectivity index (χ4v) is 2.39. The first-order valence-electron chi connectivity index (χ1n) is 6.99. The van der Waals surface area contributed by atoms with Crippen LogP contribution in [0.2, 0.25) is 10.0 Å². The maximum atomic E-state index is 12.3. The Labute approximate surface area is 141 Å². The predicted octanol–water partition coefficient (Wildman–Crippen LogP) is 3.52. The van der Waals surface area contributed by atoms with Gasteiger partial charge in [0.2, 0.25) is 5.91 Å². The van der Waals surface area contributed by atoms with Crippen molar-refractivity contribution in [2.45, 2.75) is 6.42 Å². The lowest BCUT2D eigenvalue weighted by Gasteiger charge is -2.20. The van der Waals surface area contributed by atoms with Gasteiger partial charge in [0.15, 0.2) is 0 Å². The molecule has 0 saturated carbocycles. The van der Waals surface area contributed by atoms with Crippen LogP contribution in [0.4, 0.5) is 0 Å². The Hall–Kier alpha value is -1.07. The number of hydrogen-bond donors (Lipinski definition) is 0. The monoisotopic (exact) mass is 345 g/mol. The summed E-state index contributed by atoms with van der Waals surface area (Å²) in [5.74, 6) is -0.107. The maximum absolute atomic E-state index is 12.3. The van der Waals surface area contributed by atoms with E-state index >= 15 is 0 Å². The number of methoxy groups -OCH3 is 2. The molecule has 0 atom stereocenters. The van der Waals surface area contributed by atoms with Gasteiger partial charge in [-0.2, -0.15) is 0 Å². The zero-order valence-electron chi connectivity index (χ0n) is 12.9. The number of benzene rings is 1. The fourth-order valence-electron chi connectivity index (χ4n) is 1.86. The van der Waals surface area contributed by atoms with Gasteiger partial charge in [-0.3, -0.25) is 4.79 Å². The van der Waals surface area contributed by atoms with E-state index in [9.17, 15) is 4.79 Å². The Balaban J connectivity index is 2.74. The van der Waals surface area contributed by atoms with E-state index in [-0.39, 0.29) is 5.91 Å². The van der Waals surface area contributed by atoms with E-state index < -0.39 is 0 Å². The molecule has 1 rings (SSSR count). The molecule has 0 spiro atoms. The summed E-state index contributed by atoms with van der Waals surface area (Å²) in [6.45, 7) is 2.23. The van der Waals surface area contributed by atoms with Crippen molar-refractivity contribution in [3.63, 3.8) is 0 Å². The van der Waals surface area contributed by atoms with Crippen LogP contribution in [-0.2, 0) is 14.3 Å². The molecule has 0 bridgehead atoms. The van der Waals surface area contributed by atoms with E-state index in [4.69, 9.17) is 32.7 Å². The van der Waals surface area contributed by atoms with Gasteiger partial charge in [0, 0.05) is 55.6 Å². The second-order valence-corrected chi connectivity index (χ2v) is 5.45. The number of hydrogen-bond acceptors (Lipinski definition) is 3. The van der Waals surface area contributed by atoms with Crippen LogP contribution in [-0.4, -0.2) is 51.3 Å². The van der Waals surface area contributed by atoms with Crippen LogP contribution in [0, 0.1) is 0 Å². The highest BCUT2D eigenvalue weighted by Gasteiger charge is 2.10. The van der Waals surface area contributed by atoms with Crippen molar-refractivity contribution in [2.24, 2.45) is 0 Å². The lowest BCUT2D eigenvalue weighted by molar-refractivity contribution is -0.126. The fraction of sp³-hybridized carbons (Fsp3) is 0.438. The third-order valence-electron chi connectivity index (χ3n) is 3.05. The smallest absolute Gasteiger partial charge is 0.246 e. The molecule has 0 aromatic heterocycles. The van der Waals surface area contributed by atoms with E-state index in [1.165, 1.54) is 6.08 Å². The molecule has 0 aliphatic heterocycles. The highest BCUT2D eigenvalue weighted by Crippen LogP contribution is 2.25. The molecule has 0 unspecified atom stereocenters. The van der Waals surface area contributed by atoms with Gasteiger partial charge in [-0.05, 0) is 24.6 Å². The second kappa shape index (κ2) is 10.6. The van der Waals surface area contributed by atoms with Crippen LogP contribution < -0.4 is 0 Å². The van der Waals surface area contributed by atoms with Crippen LogP contribution in [0.3, 0.4) is 0 Å². The number of carbonyl (C=O) groups is 1. The summed E-state index contributed by atoms with van der Waals surface area (Å²) in [6, 6.07) is 5.23. The normalized spacial score (nSPS) is 11.1. The van der Waals surface area contributed by atoms with Crippen LogP contribution in [0.5, 0.6) is 0 Å². The number of amides is 1. The van der Waals surface area contributed by atoms with Crippen molar-refractivity contribution in [3.8, 4) is 0 Å². The summed E-state index contributed by atoms with van der Waals surface area (Å²) < 4.78 is 10.1. The summed E-state index contributed by atoms with van der Waals surface area (Å²) in [7, 11) is 3.25. The molecule has 0 aliphatic carbocycles. The molecule has 1 aromatic rings. The first-order valence-corrected chi connectivity index (χ1v) is 7.74. The molecule has 22 heavy (non-hydrogen) atoms. The van der Waals surface area contributed by atoms with E-state index in [1.54, 1.807) is 43.4 Å². The van der Waals surface area contributed by atoms with Crippen LogP contribution in [0.1, 0.15) is 12.0 Å². The molecular formula is C16H21Cl2NO3. The summed E-state index contributed by atoms with van der Waals surface area (Å²) >= 11 is 12.2. The van der Waals surface area contributed by atoms with Crippen LogP contribution >= 0.6 is 23.2 Å². The summed E-state index contributed by atoms with van der Waals surface area (Å²) in [5.41, 5.74) is 0.641. The Morgan fingerprint density at radius 1 is 1.14 bits per heavy atom. The molecule has 4 nitrogen and oxygen atoms in total. The maximum Gasteiger partial charge on any atom is 0.246 e. The number of rotatable bonds is 9. The van der Waals surface area contributed by atoms with Crippen molar-refractivity contribution >= 4 is 35.2 Å². The lowest BCUT2D eigenvalue weighted by Crippen LogP contribution is -2.34. The molecule has 0 radical (unpaired) electrons. The van der Waals surface area contributed by atoms with Crippen molar-refractivity contribution in [3.05, 3.63) is 39.9 Å². The van der Waals surface area contributed by atoms with Gasteiger partial charge < -0.3 is 14.4 Å². The molecule has 0 N–H and O–H groups in total. The van der Waals surface area contributed by atoms with Gasteiger partial charge in [0.25, 0.3) is 0 Å². The average Bonchev–Trinajstić information content (AvgIpc) is 2.50. The number of nitrogens with zero attached hydrogens (tertiary/aromatic N) is 1.